The fourth-order valence-corrected chi connectivity index (χ4v) is 10.7. The number of alkyl halides is 3. The Morgan fingerprint density at radius 2 is 1.78 bits per heavy atom. The number of para-hydroxylation sites is 1. The third kappa shape index (κ3) is 5.09. The van der Waals surface area contributed by atoms with Crippen LogP contribution >= 0.6 is 23.1 Å². The summed E-state index contributed by atoms with van der Waals surface area (Å²) in [6, 6.07) is 11.6. The van der Waals surface area contributed by atoms with Gasteiger partial charge < -0.3 is 20.1 Å². The van der Waals surface area contributed by atoms with Gasteiger partial charge in [0.1, 0.15) is 5.75 Å². The number of amides is 3. The second-order valence-electron chi connectivity index (χ2n) is 11.9. The lowest BCUT2D eigenvalue weighted by Crippen LogP contribution is -2.42. The van der Waals surface area contributed by atoms with Gasteiger partial charge in [-0.1, -0.05) is 35.6 Å². The summed E-state index contributed by atoms with van der Waals surface area (Å²) in [5.74, 6) is -4.05. The normalized spacial score (nSPS) is 27.7. The van der Waals surface area contributed by atoms with Gasteiger partial charge in [0.25, 0.3) is 5.91 Å². The zero-order valence-corrected chi connectivity index (χ0v) is 25.4. The molecule has 2 aromatic carbocycles. The number of hydrogen-bond donors (Lipinski definition) is 3. The van der Waals surface area contributed by atoms with Crippen molar-refractivity contribution in [1.29, 1.82) is 0 Å². The summed E-state index contributed by atoms with van der Waals surface area (Å²) in [5, 5.41) is 12.0. The van der Waals surface area contributed by atoms with Gasteiger partial charge in [-0.15, -0.1) is 11.8 Å². The van der Waals surface area contributed by atoms with Gasteiger partial charge in [-0.2, -0.15) is 13.2 Å². The molecule has 3 amide bonds. The fraction of sp³-hybridized carbons (Fsp3) is 0.387. The van der Waals surface area contributed by atoms with Crippen LogP contribution in [-0.4, -0.2) is 57.1 Å². The van der Waals surface area contributed by atoms with Gasteiger partial charge in [0.05, 0.1) is 34.5 Å². The van der Waals surface area contributed by atoms with Crippen molar-refractivity contribution in [1.82, 2.24) is 9.88 Å². The number of ether oxygens (including phenoxy) is 1. The third-order valence-electron chi connectivity index (χ3n) is 9.46. The number of carbonyl (C=O) groups is 4. The molecule has 0 spiro atoms. The molecule has 7 atom stereocenters. The summed E-state index contributed by atoms with van der Waals surface area (Å²) < 4.78 is 45.8. The first-order chi connectivity index (χ1) is 21.9. The van der Waals surface area contributed by atoms with E-state index in [1.165, 1.54) is 23.9 Å². The Kier molecular flexibility index (Phi) is 7.50. The van der Waals surface area contributed by atoms with E-state index in [1.54, 1.807) is 18.2 Å². The van der Waals surface area contributed by atoms with Crippen LogP contribution in [0.25, 0.3) is 0 Å². The molecule has 10 nitrogen and oxygen atoms in total. The van der Waals surface area contributed by atoms with Crippen LogP contribution in [0.3, 0.4) is 0 Å². The molecular weight excluding hydrogens is 647 g/mol. The number of halogens is 3. The molecule has 240 valence electrons. The van der Waals surface area contributed by atoms with Crippen LogP contribution in [0.15, 0.2) is 58.4 Å². The van der Waals surface area contributed by atoms with Crippen LogP contribution in [-0.2, 0) is 25.4 Å². The number of H-pyrrole nitrogens is 1. The molecule has 3 heterocycles. The lowest BCUT2D eigenvalue weighted by Gasteiger charge is -2.43. The number of nitrogens with one attached hydrogen (secondary N) is 2. The van der Waals surface area contributed by atoms with Crippen LogP contribution < -0.4 is 14.9 Å². The first kappa shape index (κ1) is 30.5. The summed E-state index contributed by atoms with van der Waals surface area (Å²) in [4.78, 5) is 67.8. The van der Waals surface area contributed by atoms with Crippen molar-refractivity contribution in [2.24, 2.45) is 29.6 Å². The van der Waals surface area contributed by atoms with Crippen LogP contribution in [0.5, 0.6) is 5.75 Å². The van der Waals surface area contributed by atoms with Crippen molar-refractivity contribution in [3.05, 3.63) is 74.2 Å². The van der Waals surface area contributed by atoms with E-state index >= 15 is 0 Å². The number of nitrogens with zero attached hydrogens (tertiary/aromatic N) is 1. The van der Waals surface area contributed by atoms with Crippen LogP contribution in [0.1, 0.15) is 34.8 Å². The number of carboxylic acids is 1. The van der Waals surface area contributed by atoms with Crippen molar-refractivity contribution in [3.63, 3.8) is 0 Å². The molecule has 2 aliphatic carbocycles. The van der Waals surface area contributed by atoms with Gasteiger partial charge in [0.2, 0.25) is 11.8 Å². The number of imide groups is 1. The number of carboxylic acid groups (broad SMARTS) is 1. The molecule has 0 radical (unpaired) electrons. The largest absolute Gasteiger partial charge is 0.484 e. The van der Waals surface area contributed by atoms with Gasteiger partial charge in [-0.3, -0.25) is 28.9 Å². The minimum Gasteiger partial charge on any atom is -0.484 e. The van der Waals surface area contributed by atoms with E-state index in [9.17, 15) is 37.1 Å². The maximum atomic E-state index is 13.5. The minimum atomic E-state index is -4.65. The summed E-state index contributed by atoms with van der Waals surface area (Å²) in [6.07, 6.45) is -4.31. The number of aromatic amines is 1. The zero-order valence-electron chi connectivity index (χ0n) is 23.8. The first-order valence-electron chi connectivity index (χ1n) is 14.6. The number of aromatic nitrogens is 1. The Morgan fingerprint density at radius 3 is 2.52 bits per heavy atom. The van der Waals surface area contributed by atoms with Crippen molar-refractivity contribution >= 4 is 52.5 Å². The number of rotatable bonds is 8. The molecule has 3 aromatic rings. The van der Waals surface area contributed by atoms with E-state index in [4.69, 9.17) is 9.84 Å². The Bertz CT molecular complexity index is 1820. The molecule has 6 unspecified atom stereocenters. The number of likely N-dealkylation sites (tertiary alicyclic amines) is 1. The molecule has 2 bridgehead atoms. The number of thiazole rings is 1. The molecule has 1 saturated heterocycles. The molecule has 3 N–H and O–H groups in total. The van der Waals surface area contributed by atoms with E-state index in [-0.39, 0.29) is 64.3 Å². The highest BCUT2D eigenvalue weighted by Gasteiger charge is 2.69. The van der Waals surface area contributed by atoms with E-state index in [0.717, 1.165) is 38.8 Å². The number of thioether (sulfide) groups is 1. The van der Waals surface area contributed by atoms with Crippen LogP contribution in [0.4, 0.5) is 18.9 Å². The maximum Gasteiger partial charge on any atom is 0.418 e. The molecule has 2 aliphatic heterocycles. The Balaban J connectivity index is 1.14. The van der Waals surface area contributed by atoms with Gasteiger partial charge in [0, 0.05) is 22.6 Å². The van der Waals surface area contributed by atoms with E-state index in [0.29, 0.717) is 17.2 Å². The number of carbonyl (C=O) groups excluding carboxylic acids is 3. The molecule has 2 saturated carbocycles. The number of hydrogen-bond acceptors (Lipinski definition) is 8. The summed E-state index contributed by atoms with van der Waals surface area (Å²) >= 11 is 2.60. The van der Waals surface area contributed by atoms with Gasteiger partial charge in [-0.25, -0.2) is 0 Å². The number of benzene rings is 2. The van der Waals surface area contributed by atoms with Crippen LogP contribution in [0.2, 0.25) is 0 Å². The highest BCUT2D eigenvalue weighted by Crippen LogP contribution is 2.68. The third-order valence-corrected chi connectivity index (χ3v) is 12.0. The summed E-state index contributed by atoms with van der Waals surface area (Å²) in [7, 11) is 0. The van der Waals surface area contributed by atoms with Gasteiger partial charge >= 0.3 is 17.0 Å². The molecule has 46 heavy (non-hydrogen) atoms. The SMILES string of the molecule is O=C(O)CCN1C(=O)C2C3CC(C2C1=O)C1C3Sc2[nH]c(=O)sc2[C@@H]1c1cccc(OCC(=O)Nc2ccccc2C(F)(F)F)c1. The average Bonchev–Trinajstić information content (AvgIpc) is 3.74. The molecule has 1 aromatic heterocycles. The zero-order chi connectivity index (χ0) is 32.5. The van der Waals surface area contributed by atoms with Crippen molar-refractivity contribution in [2.45, 2.75) is 35.2 Å². The minimum absolute atomic E-state index is 0.0748. The molecule has 15 heteroatoms. The second kappa shape index (κ2) is 11.3. The maximum absolute atomic E-state index is 13.5. The number of fused-ring (bicyclic) bond motifs is 9. The highest BCUT2D eigenvalue weighted by atomic mass is 32.2. The van der Waals surface area contributed by atoms with Crippen LogP contribution in [0, 0.1) is 29.6 Å². The Hall–Kier alpha value is -4.11. The molecule has 7 rings (SSSR count). The van der Waals surface area contributed by atoms with E-state index in [2.05, 4.69) is 10.3 Å². The topological polar surface area (TPSA) is 146 Å². The second-order valence-corrected chi connectivity index (χ2v) is 14.1. The number of anilines is 1. The van der Waals surface area contributed by atoms with Crippen molar-refractivity contribution in [3.8, 4) is 5.75 Å². The van der Waals surface area contributed by atoms with Gasteiger partial charge in [-0.05, 0) is 54.0 Å². The molecular formula is C31H26F3N3O7S2. The lowest BCUT2D eigenvalue weighted by molar-refractivity contribution is -0.143. The molecule has 4 aliphatic rings. The smallest absolute Gasteiger partial charge is 0.418 e. The standard InChI is InChI=1S/C31H26F3N3O7S2/c32-31(33,34)17-6-1-2-7-18(17)35-19(38)12-44-14-5-3-4-13(10-14)21-22-15-11-16(25(22)45-27-26(21)46-30(43)36-27)24-23(15)28(41)37(29(24)42)9-8-20(39)40/h1-7,10,15-16,21-25H,8-9,11-12H2,(H,35,38)(H,36,43)(H,39,40)/t15?,16?,21-,22?,23?,24?,25?/m1/s1. The monoisotopic (exact) mass is 673 g/mol. The van der Waals surface area contributed by atoms with Crippen molar-refractivity contribution in [2.75, 3.05) is 18.5 Å². The lowest BCUT2D eigenvalue weighted by atomic mass is 9.68. The summed E-state index contributed by atoms with van der Waals surface area (Å²) in [5.41, 5.74) is -0.582. The predicted octanol–water partition coefficient (Wildman–Crippen LogP) is 4.42. The van der Waals surface area contributed by atoms with E-state index in [1.807, 2.05) is 6.07 Å². The fourth-order valence-electron chi connectivity index (χ4n) is 7.85. The summed E-state index contributed by atoms with van der Waals surface area (Å²) in [6.45, 7) is -0.719. The first-order valence-corrected chi connectivity index (χ1v) is 16.3. The van der Waals surface area contributed by atoms with E-state index < -0.39 is 42.1 Å². The predicted molar refractivity (Wildman–Crippen MR) is 159 cm³/mol. The average molecular weight is 674 g/mol. The Morgan fingerprint density at radius 1 is 1.04 bits per heavy atom. The van der Waals surface area contributed by atoms with Crippen molar-refractivity contribution < 1.29 is 42.2 Å². The van der Waals surface area contributed by atoms with Gasteiger partial charge in [0.15, 0.2) is 6.61 Å². The Labute approximate surface area is 267 Å². The molecule has 3 fully saturated rings. The highest BCUT2D eigenvalue weighted by molar-refractivity contribution is 8.00. The quantitative estimate of drug-likeness (QED) is 0.298. The number of aliphatic carboxylic acids is 1.